The van der Waals surface area contributed by atoms with Crippen molar-refractivity contribution in [3.8, 4) is 0 Å². The van der Waals surface area contributed by atoms with Crippen molar-refractivity contribution in [2.75, 3.05) is 19.6 Å². The largest absolute Gasteiger partial charge is 0.299 e. The Labute approximate surface area is 134 Å². The summed E-state index contributed by atoms with van der Waals surface area (Å²) >= 11 is 0. The second-order valence-corrected chi connectivity index (χ2v) is 7.89. The van der Waals surface area contributed by atoms with E-state index >= 15 is 0 Å². The molecule has 1 aliphatic heterocycles. The van der Waals surface area contributed by atoms with Crippen molar-refractivity contribution < 1.29 is 8.42 Å². The van der Waals surface area contributed by atoms with Crippen LogP contribution in [0.1, 0.15) is 35.1 Å². The number of benzene rings is 1. The van der Waals surface area contributed by atoms with Crippen LogP contribution in [-0.2, 0) is 16.8 Å². The van der Waals surface area contributed by atoms with E-state index in [2.05, 4.69) is 42.5 Å². The van der Waals surface area contributed by atoms with Gasteiger partial charge in [0.05, 0.1) is 0 Å². The molecule has 2 rings (SSSR count). The van der Waals surface area contributed by atoms with Gasteiger partial charge in [-0.15, -0.1) is 0 Å². The van der Waals surface area contributed by atoms with E-state index < -0.39 is 10.2 Å². The molecule has 124 valence electrons. The first-order valence-electron chi connectivity index (χ1n) is 7.81. The molecule has 1 aromatic rings. The van der Waals surface area contributed by atoms with Crippen LogP contribution in [0.15, 0.2) is 12.1 Å². The number of hydrogen-bond donors (Lipinski definition) is 2. The van der Waals surface area contributed by atoms with Crippen molar-refractivity contribution in [2.24, 2.45) is 11.1 Å². The van der Waals surface area contributed by atoms with Crippen molar-refractivity contribution >= 4 is 10.2 Å². The van der Waals surface area contributed by atoms with Gasteiger partial charge >= 0.3 is 0 Å². The van der Waals surface area contributed by atoms with E-state index in [4.69, 9.17) is 5.14 Å². The molecule has 6 heteroatoms. The molecule has 0 amide bonds. The predicted molar refractivity (Wildman–Crippen MR) is 89.8 cm³/mol. The maximum absolute atomic E-state index is 11.0. The van der Waals surface area contributed by atoms with Gasteiger partial charge in [0.2, 0.25) is 0 Å². The van der Waals surface area contributed by atoms with Gasteiger partial charge in [-0.2, -0.15) is 8.42 Å². The maximum atomic E-state index is 11.0. The van der Waals surface area contributed by atoms with E-state index in [1.807, 2.05) is 0 Å². The van der Waals surface area contributed by atoms with Crippen molar-refractivity contribution in [2.45, 2.75) is 40.2 Å². The summed E-state index contributed by atoms with van der Waals surface area (Å²) in [6.45, 7) is 9.80. The van der Waals surface area contributed by atoms with Crippen molar-refractivity contribution in [3.05, 3.63) is 34.4 Å². The molecule has 0 saturated carbocycles. The standard InChI is InChI=1S/C16H27N3O2S/c1-12-7-13(2)16(14(3)8-12)11-19-6-4-5-15(10-19)9-18-22(17,20)21/h7-8,15,18H,4-6,9-11H2,1-3H3,(H2,17,20,21)/t15-/m0/s1. The molecule has 0 aliphatic carbocycles. The monoisotopic (exact) mass is 325 g/mol. The van der Waals surface area contributed by atoms with E-state index in [0.717, 1.165) is 32.5 Å². The number of nitrogens with zero attached hydrogens (tertiary/aromatic N) is 1. The van der Waals surface area contributed by atoms with Gasteiger partial charge in [-0.05, 0) is 62.8 Å². The molecule has 22 heavy (non-hydrogen) atoms. The molecule has 3 N–H and O–H groups in total. The van der Waals surface area contributed by atoms with Crippen LogP contribution < -0.4 is 9.86 Å². The van der Waals surface area contributed by atoms with Crippen LogP contribution in [0, 0.1) is 26.7 Å². The lowest BCUT2D eigenvalue weighted by atomic mass is 9.95. The summed E-state index contributed by atoms with van der Waals surface area (Å²) in [4.78, 5) is 2.42. The first-order chi connectivity index (χ1) is 10.2. The minimum absolute atomic E-state index is 0.332. The van der Waals surface area contributed by atoms with Crippen LogP contribution in [0.25, 0.3) is 0 Å². The second-order valence-electron chi connectivity index (χ2n) is 6.51. The molecule has 1 aromatic carbocycles. The van der Waals surface area contributed by atoms with Gasteiger partial charge in [0.25, 0.3) is 10.2 Å². The Morgan fingerprint density at radius 1 is 1.27 bits per heavy atom. The highest BCUT2D eigenvalue weighted by molar-refractivity contribution is 7.87. The SMILES string of the molecule is Cc1cc(C)c(CN2CCC[C@@H](CNS(N)(=O)=O)C2)c(C)c1. The number of nitrogens with two attached hydrogens (primary N) is 1. The highest BCUT2D eigenvalue weighted by Gasteiger charge is 2.21. The molecule has 0 aromatic heterocycles. The van der Waals surface area contributed by atoms with Crippen LogP contribution in [0.3, 0.4) is 0 Å². The van der Waals surface area contributed by atoms with E-state index in [0.29, 0.717) is 12.5 Å². The summed E-state index contributed by atoms with van der Waals surface area (Å²) in [7, 11) is -3.59. The second kappa shape index (κ2) is 7.08. The lowest BCUT2D eigenvalue weighted by molar-refractivity contribution is 0.168. The normalized spacial score (nSPS) is 20.3. The molecule has 0 spiro atoms. The Morgan fingerprint density at radius 3 is 2.50 bits per heavy atom. The van der Waals surface area contributed by atoms with Gasteiger partial charge in [-0.25, -0.2) is 9.86 Å². The molecule has 0 unspecified atom stereocenters. The predicted octanol–water partition coefficient (Wildman–Crippen LogP) is 1.62. The number of likely N-dealkylation sites (tertiary alicyclic amines) is 1. The Kier molecular flexibility index (Phi) is 5.60. The fourth-order valence-electron chi connectivity index (χ4n) is 3.38. The minimum atomic E-state index is -3.59. The van der Waals surface area contributed by atoms with Gasteiger partial charge < -0.3 is 0 Å². The third-order valence-electron chi connectivity index (χ3n) is 4.40. The first-order valence-corrected chi connectivity index (χ1v) is 9.35. The van der Waals surface area contributed by atoms with E-state index in [1.54, 1.807) is 0 Å². The molecular weight excluding hydrogens is 298 g/mol. The van der Waals surface area contributed by atoms with Gasteiger partial charge in [-0.3, -0.25) is 4.90 Å². The van der Waals surface area contributed by atoms with Gasteiger partial charge in [0, 0.05) is 19.6 Å². The number of nitrogens with one attached hydrogen (secondary N) is 1. The fraction of sp³-hybridized carbons (Fsp3) is 0.625. The quantitative estimate of drug-likeness (QED) is 0.864. The Hall–Kier alpha value is -0.950. The van der Waals surface area contributed by atoms with Crippen molar-refractivity contribution in [1.29, 1.82) is 0 Å². The third-order valence-corrected chi connectivity index (χ3v) is 4.97. The molecule has 1 fully saturated rings. The summed E-state index contributed by atoms with van der Waals surface area (Å²) in [5, 5.41) is 5.01. The average Bonchev–Trinajstić information content (AvgIpc) is 2.40. The molecule has 5 nitrogen and oxygen atoms in total. The summed E-state index contributed by atoms with van der Waals surface area (Å²) in [6.07, 6.45) is 2.14. The number of rotatable bonds is 5. The topological polar surface area (TPSA) is 75.4 Å². The summed E-state index contributed by atoms with van der Waals surface area (Å²) < 4.78 is 24.5. The molecule has 0 radical (unpaired) electrons. The highest BCUT2D eigenvalue weighted by atomic mass is 32.2. The first kappa shape index (κ1) is 17.4. The number of hydrogen-bond acceptors (Lipinski definition) is 3. The smallest absolute Gasteiger partial charge is 0.274 e. The van der Waals surface area contributed by atoms with Gasteiger partial charge in [0.15, 0.2) is 0 Å². The lowest BCUT2D eigenvalue weighted by Gasteiger charge is -2.33. The van der Waals surface area contributed by atoms with Crippen LogP contribution in [0.5, 0.6) is 0 Å². The number of aryl methyl sites for hydroxylation is 3. The summed E-state index contributed by atoms with van der Waals surface area (Å²) in [5.41, 5.74) is 5.36. The van der Waals surface area contributed by atoms with Crippen LogP contribution in [-0.4, -0.2) is 33.0 Å². The maximum Gasteiger partial charge on any atom is 0.274 e. The molecule has 1 aliphatic rings. The van der Waals surface area contributed by atoms with Crippen LogP contribution in [0.2, 0.25) is 0 Å². The van der Waals surface area contributed by atoms with Crippen molar-refractivity contribution in [1.82, 2.24) is 9.62 Å². The third kappa shape index (κ3) is 5.05. The summed E-state index contributed by atoms with van der Waals surface area (Å²) in [5.74, 6) is 0.332. The Morgan fingerprint density at radius 2 is 1.91 bits per heavy atom. The minimum Gasteiger partial charge on any atom is -0.299 e. The molecule has 0 bridgehead atoms. The Balaban J connectivity index is 1.99. The van der Waals surface area contributed by atoms with Crippen LogP contribution >= 0.6 is 0 Å². The molecule has 1 saturated heterocycles. The number of piperidine rings is 1. The zero-order valence-corrected chi connectivity index (χ0v) is 14.5. The van der Waals surface area contributed by atoms with Crippen LogP contribution in [0.4, 0.5) is 0 Å². The molecular formula is C16H27N3O2S. The van der Waals surface area contributed by atoms with Gasteiger partial charge in [-0.1, -0.05) is 17.7 Å². The molecule has 1 atom stereocenters. The van der Waals surface area contributed by atoms with E-state index in [1.165, 1.54) is 22.3 Å². The lowest BCUT2D eigenvalue weighted by Crippen LogP contribution is -2.42. The van der Waals surface area contributed by atoms with Crippen molar-refractivity contribution in [3.63, 3.8) is 0 Å². The average molecular weight is 325 g/mol. The zero-order valence-electron chi connectivity index (χ0n) is 13.7. The summed E-state index contributed by atoms with van der Waals surface area (Å²) in [6, 6.07) is 4.46. The zero-order chi connectivity index (χ0) is 16.3. The molecule has 1 heterocycles. The Bertz CT molecular complexity index is 605. The fourth-order valence-corrected chi connectivity index (χ4v) is 3.85. The van der Waals surface area contributed by atoms with E-state index in [-0.39, 0.29) is 0 Å². The highest BCUT2D eigenvalue weighted by Crippen LogP contribution is 2.22. The van der Waals surface area contributed by atoms with E-state index in [9.17, 15) is 8.42 Å². The van der Waals surface area contributed by atoms with Gasteiger partial charge in [0.1, 0.15) is 0 Å².